The van der Waals surface area contributed by atoms with Crippen LogP contribution < -0.4 is 10.7 Å². The summed E-state index contributed by atoms with van der Waals surface area (Å²) in [5.41, 5.74) is 3.70. The van der Waals surface area contributed by atoms with E-state index < -0.39 is 0 Å². The van der Waals surface area contributed by atoms with Crippen molar-refractivity contribution in [2.75, 3.05) is 0 Å². The van der Waals surface area contributed by atoms with Crippen LogP contribution in [-0.4, -0.2) is 17.4 Å². The van der Waals surface area contributed by atoms with Crippen LogP contribution in [0.2, 0.25) is 10.0 Å². The highest BCUT2D eigenvalue weighted by molar-refractivity contribution is 7.80. The molecule has 1 aromatic rings. The van der Waals surface area contributed by atoms with Crippen LogP contribution >= 0.6 is 35.4 Å². The highest BCUT2D eigenvalue weighted by Crippen LogP contribution is 2.38. The predicted molar refractivity (Wildman–Crippen MR) is 92.1 cm³/mol. The molecular formula is C15H15Cl2N3S. The molecule has 0 amide bonds. The molecule has 3 rings (SSSR count). The lowest BCUT2D eigenvalue weighted by Gasteiger charge is -2.20. The summed E-state index contributed by atoms with van der Waals surface area (Å²) in [5.74, 6) is 1.32. The molecule has 0 radical (unpaired) electrons. The van der Waals surface area contributed by atoms with Crippen molar-refractivity contribution < 1.29 is 0 Å². The smallest absolute Gasteiger partial charge is 0.187 e. The number of hydrogen-bond acceptors (Lipinski definition) is 2. The van der Waals surface area contributed by atoms with Gasteiger partial charge in [0.05, 0.1) is 16.3 Å². The van der Waals surface area contributed by atoms with Gasteiger partial charge in [-0.1, -0.05) is 41.4 Å². The SMILES string of the molecule is S=C(N/N=C\c1ccc(Cl)c(Cl)c1)N[C@H]1C[C@@H]2C=C[C@H]1C2. The lowest BCUT2D eigenvalue weighted by atomic mass is 10.0. The van der Waals surface area contributed by atoms with E-state index in [-0.39, 0.29) is 0 Å². The standard InChI is InChI=1S/C15H15Cl2N3S/c16-12-4-2-10(6-13(12)17)8-18-20-15(21)19-14-7-9-1-3-11(14)5-9/h1-4,6,8-9,11,14H,5,7H2,(H2,19,20,21)/b18-8-/t9-,11+,14+/m1/s1. The first-order valence-corrected chi connectivity index (χ1v) is 8.01. The number of nitrogens with one attached hydrogen (secondary N) is 2. The number of thiocarbonyl (C=S) groups is 1. The van der Waals surface area contributed by atoms with Crippen molar-refractivity contribution in [2.45, 2.75) is 18.9 Å². The van der Waals surface area contributed by atoms with Crippen LogP contribution in [0.4, 0.5) is 0 Å². The molecule has 2 aliphatic rings. The highest BCUT2D eigenvalue weighted by atomic mass is 35.5. The second-order valence-electron chi connectivity index (χ2n) is 5.40. The molecule has 2 bridgehead atoms. The Kier molecular flexibility index (Phi) is 4.48. The molecule has 6 heteroatoms. The molecule has 3 atom stereocenters. The average Bonchev–Trinajstić information content (AvgIpc) is 3.05. The summed E-state index contributed by atoms with van der Waals surface area (Å²) in [6, 6.07) is 5.77. The van der Waals surface area contributed by atoms with Crippen LogP contribution in [0, 0.1) is 11.8 Å². The summed E-state index contributed by atoms with van der Waals surface area (Å²) < 4.78 is 0. The summed E-state index contributed by atoms with van der Waals surface area (Å²) in [7, 11) is 0. The zero-order valence-electron chi connectivity index (χ0n) is 11.2. The Morgan fingerprint density at radius 1 is 1.24 bits per heavy atom. The molecule has 0 saturated heterocycles. The zero-order chi connectivity index (χ0) is 14.8. The Labute approximate surface area is 139 Å². The molecule has 2 N–H and O–H groups in total. The van der Waals surface area contributed by atoms with Gasteiger partial charge in [-0.15, -0.1) is 0 Å². The van der Waals surface area contributed by atoms with Gasteiger partial charge in [-0.05, 0) is 54.6 Å². The molecule has 21 heavy (non-hydrogen) atoms. The fourth-order valence-corrected chi connectivity index (χ4v) is 3.42. The van der Waals surface area contributed by atoms with Gasteiger partial charge in [-0.3, -0.25) is 5.43 Å². The third kappa shape index (κ3) is 3.57. The summed E-state index contributed by atoms with van der Waals surface area (Å²) in [6.45, 7) is 0. The van der Waals surface area contributed by atoms with Crippen LogP contribution in [-0.2, 0) is 0 Å². The monoisotopic (exact) mass is 339 g/mol. The van der Waals surface area contributed by atoms with Gasteiger partial charge in [-0.25, -0.2) is 0 Å². The van der Waals surface area contributed by atoms with E-state index in [1.54, 1.807) is 18.3 Å². The molecule has 1 saturated carbocycles. The molecular weight excluding hydrogens is 325 g/mol. The molecule has 1 fully saturated rings. The van der Waals surface area contributed by atoms with E-state index in [4.69, 9.17) is 35.4 Å². The van der Waals surface area contributed by atoms with E-state index in [0.29, 0.717) is 27.1 Å². The maximum absolute atomic E-state index is 5.95. The normalized spacial score (nSPS) is 26.5. The first-order chi connectivity index (χ1) is 10.1. The second kappa shape index (κ2) is 6.34. The molecule has 0 spiro atoms. The van der Waals surface area contributed by atoms with Crippen LogP contribution in [0.25, 0.3) is 0 Å². The van der Waals surface area contributed by atoms with Gasteiger partial charge in [0.25, 0.3) is 0 Å². The number of rotatable bonds is 3. The lowest BCUT2D eigenvalue weighted by molar-refractivity contribution is 0.521. The minimum absolute atomic E-state index is 0.431. The van der Waals surface area contributed by atoms with Crippen LogP contribution in [0.15, 0.2) is 35.5 Å². The number of nitrogens with zero attached hydrogens (tertiary/aromatic N) is 1. The van der Waals surface area contributed by atoms with Gasteiger partial charge < -0.3 is 5.32 Å². The third-order valence-electron chi connectivity index (χ3n) is 3.92. The van der Waals surface area contributed by atoms with E-state index in [2.05, 4.69) is 28.0 Å². The van der Waals surface area contributed by atoms with Crippen molar-refractivity contribution in [3.05, 3.63) is 46.0 Å². The van der Waals surface area contributed by atoms with E-state index in [9.17, 15) is 0 Å². The van der Waals surface area contributed by atoms with Gasteiger partial charge in [0.1, 0.15) is 0 Å². The zero-order valence-corrected chi connectivity index (χ0v) is 13.6. The Morgan fingerprint density at radius 2 is 2.10 bits per heavy atom. The first kappa shape index (κ1) is 14.8. The summed E-state index contributed by atoms with van der Waals surface area (Å²) >= 11 is 17.1. The van der Waals surface area contributed by atoms with E-state index >= 15 is 0 Å². The molecule has 3 nitrogen and oxygen atoms in total. The summed E-state index contributed by atoms with van der Waals surface area (Å²) in [4.78, 5) is 0. The second-order valence-corrected chi connectivity index (χ2v) is 6.63. The fourth-order valence-electron chi connectivity index (χ4n) is 2.91. The largest absolute Gasteiger partial charge is 0.358 e. The fraction of sp³-hybridized carbons (Fsp3) is 0.333. The number of hydrogen-bond donors (Lipinski definition) is 2. The Bertz CT molecular complexity index is 615. The topological polar surface area (TPSA) is 36.4 Å². The maximum Gasteiger partial charge on any atom is 0.187 e. The minimum Gasteiger partial charge on any atom is -0.358 e. The van der Waals surface area contributed by atoms with Gasteiger partial charge in [-0.2, -0.15) is 5.10 Å². The van der Waals surface area contributed by atoms with Crippen LogP contribution in [0.3, 0.4) is 0 Å². The van der Waals surface area contributed by atoms with Gasteiger partial charge in [0, 0.05) is 6.04 Å². The number of fused-ring (bicyclic) bond motifs is 2. The Morgan fingerprint density at radius 3 is 2.76 bits per heavy atom. The lowest BCUT2D eigenvalue weighted by Crippen LogP contribution is -2.42. The molecule has 2 aliphatic carbocycles. The van der Waals surface area contributed by atoms with E-state index in [0.717, 1.165) is 17.9 Å². The highest BCUT2D eigenvalue weighted by Gasteiger charge is 2.35. The van der Waals surface area contributed by atoms with Crippen molar-refractivity contribution in [1.82, 2.24) is 10.7 Å². The third-order valence-corrected chi connectivity index (χ3v) is 4.87. The predicted octanol–water partition coefficient (Wildman–Crippen LogP) is 3.76. The van der Waals surface area contributed by atoms with E-state index in [1.807, 2.05) is 6.07 Å². The van der Waals surface area contributed by atoms with Crippen molar-refractivity contribution in [3.63, 3.8) is 0 Å². The first-order valence-electron chi connectivity index (χ1n) is 6.85. The number of halogens is 2. The van der Waals surface area contributed by atoms with Gasteiger partial charge >= 0.3 is 0 Å². The number of benzene rings is 1. The van der Waals surface area contributed by atoms with Crippen molar-refractivity contribution in [3.8, 4) is 0 Å². The van der Waals surface area contributed by atoms with Crippen molar-refractivity contribution in [1.29, 1.82) is 0 Å². The molecule has 0 heterocycles. The van der Waals surface area contributed by atoms with Crippen molar-refractivity contribution in [2.24, 2.45) is 16.9 Å². The average molecular weight is 340 g/mol. The molecule has 0 aliphatic heterocycles. The summed E-state index contributed by atoms with van der Waals surface area (Å²) in [6.07, 6.45) is 8.65. The van der Waals surface area contributed by atoms with Gasteiger partial charge in [0.2, 0.25) is 0 Å². The minimum atomic E-state index is 0.431. The molecule has 0 aromatic heterocycles. The Hall–Kier alpha value is -1.10. The van der Waals surface area contributed by atoms with E-state index in [1.165, 1.54) is 6.42 Å². The summed E-state index contributed by atoms with van der Waals surface area (Å²) in [5, 5.41) is 9.04. The number of allylic oxidation sites excluding steroid dienone is 1. The molecule has 1 aromatic carbocycles. The Balaban J connectivity index is 1.50. The number of hydrazone groups is 1. The quantitative estimate of drug-likeness (QED) is 0.381. The molecule has 110 valence electrons. The maximum atomic E-state index is 5.95. The van der Waals surface area contributed by atoms with Crippen molar-refractivity contribution >= 4 is 46.7 Å². The van der Waals surface area contributed by atoms with Gasteiger partial charge in [0.15, 0.2) is 5.11 Å². The van der Waals surface area contributed by atoms with Crippen LogP contribution in [0.1, 0.15) is 18.4 Å². The molecule has 0 unspecified atom stereocenters. The van der Waals surface area contributed by atoms with Crippen LogP contribution in [0.5, 0.6) is 0 Å².